The van der Waals surface area contributed by atoms with E-state index in [9.17, 15) is 0 Å². The van der Waals surface area contributed by atoms with Crippen LogP contribution in [-0.4, -0.2) is 24.1 Å². The van der Waals surface area contributed by atoms with E-state index >= 15 is 0 Å². The average Bonchev–Trinajstić information content (AvgIpc) is 2.41. The van der Waals surface area contributed by atoms with Gasteiger partial charge in [-0.3, -0.25) is 4.98 Å². The van der Waals surface area contributed by atoms with Gasteiger partial charge in [-0.05, 0) is 24.6 Å². The van der Waals surface area contributed by atoms with Gasteiger partial charge in [0.05, 0.1) is 12.4 Å². The molecule has 1 aromatic heterocycles. The second kappa shape index (κ2) is 5.53. The number of aryl methyl sites for hydroxylation is 1. The summed E-state index contributed by atoms with van der Waals surface area (Å²) in [6.45, 7) is 2.08. The Morgan fingerprint density at radius 1 is 1.16 bits per heavy atom. The summed E-state index contributed by atoms with van der Waals surface area (Å²) in [5.74, 6) is 6.47. The molecule has 0 amide bonds. The summed E-state index contributed by atoms with van der Waals surface area (Å²) in [5.41, 5.74) is 5.81. The van der Waals surface area contributed by atoms with Crippen molar-refractivity contribution in [3.8, 4) is 0 Å². The quantitative estimate of drug-likeness (QED) is 0.574. The maximum atomic E-state index is 5.31. The second-order valence-corrected chi connectivity index (χ2v) is 4.45. The first-order valence-electron chi connectivity index (χ1n) is 5.94. The smallest absolute Gasteiger partial charge is 0.160 e. The van der Waals surface area contributed by atoms with Crippen LogP contribution >= 0.6 is 0 Å². The van der Waals surface area contributed by atoms with Crippen LogP contribution in [0.25, 0.3) is 0 Å². The van der Waals surface area contributed by atoms with Gasteiger partial charge in [-0.25, -0.2) is 10.8 Å². The lowest BCUT2D eigenvalue weighted by Gasteiger charge is -2.17. The molecule has 1 aromatic carbocycles. The summed E-state index contributed by atoms with van der Waals surface area (Å²) < 4.78 is 0. The highest BCUT2D eigenvalue weighted by Crippen LogP contribution is 2.24. The molecule has 0 aliphatic rings. The van der Waals surface area contributed by atoms with Crippen molar-refractivity contribution in [3.05, 3.63) is 36.2 Å². The zero-order valence-electron chi connectivity index (χ0n) is 11.3. The number of aromatic nitrogens is 2. The van der Waals surface area contributed by atoms with Gasteiger partial charge < -0.3 is 15.6 Å². The SMILES string of the molecule is Cc1ccc(Nc2cncc(NN)n2)cc1N(C)C. The van der Waals surface area contributed by atoms with Gasteiger partial charge >= 0.3 is 0 Å². The third kappa shape index (κ3) is 3.11. The summed E-state index contributed by atoms with van der Waals surface area (Å²) in [6, 6.07) is 6.14. The summed E-state index contributed by atoms with van der Waals surface area (Å²) in [5, 5.41) is 3.21. The Morgan fingerprint density at radius 3 is 2.58 bits per heavy atom. The van der Waals surface area contributed by atoms with E-state index in [2.05, 4.69) is 44.7 Å². The molecule has 6 nitrogen and oxygen atoms in total. The van der Waals surface area contributed by atoms with Crippen molar-refractivity contribution >= 4 is 23.0 Å². The molecule has 0 bridgehead atoms. The lowest BCUT2D eigenvalue weighted by molar-refractivity contribution is 1.11. The fourth-order valence-electron chi connectivity index (χ4n) is 1.81. The van der Waals surface area contributed by atoms with Gasteiger partial charge in [0.1, 0.15) is 0 Å². The minimum Gasteiger partial charge on any atom is -0.377 e. The first-order valence-corrected chi connectivity index (χ1v) is 5.94. The first-order chi connectivity index (χ1) is 9.10. The van der Waals surface area contributed by atoms with Crippen molar-refractivity contribution in [2.45, 2.75) is 6.92 Å². The number of hydrogen-bond acceptors (Lipinski definition) is 6. The number of benzene rings is 1. The lowest BCUT2D eigenvalue weighted by Crippen LogP contribution is -2.11. The molecule has 0 aliphatic heterocycles. The number of hydrazine groups is 1. The molecule has 0 unspecified atom stereocenters. The van der Waals surface area contributed by atoms with Gasteiger partial charge in [0.15, 0.2) is 11.6 Å². The number of nitrogens with one attached hydrogen (secondary N) is 2. The van der Waals surface area contributed by atoms with Crippen molar-refractivity contribution in [1.29, 1.82) is 0 Å². The Hall–Kier alpha value is -2.34. The van der Waals surface area contributed by atoms with Crippen molar-refractivity contribution in [3.63, 3.8) is 0 Å². The molecule has 0 fully saturated rings. The first kappa shape index (κ1) is 13.1. The number of nitrogens with zero attached hydrogens (tertiary/aromatic N) is 3. The monoisotopic (exact) mass is 258 g/mol. The molecular weight excluding hydrogens is 240 g/mol. The molecule has 0 radical (unpaired) electrons. The Balaban J connectivity index is 2.25. The molecule has 0 spiro atoms. The average molecular weight is 258 g/mol. The molecule has 1 heterocycles. The van der Waals surface area contributed by atoms with Crippen LogP contribution in [0.2, 0.25) is 0 Å². The summed E-state index contributed by atoms with van der Waals surface area (Å²) in [6.07, 6.45) is 3.21. The van der Waals surface area contributed by atoms with Crippen LogP contribution < -0.4 is 21.5 Å². The van der Waals surface area contributed by atoms with E-state index in [1.807, 2.05) is 20.2 Å². The molecule has 2 rings (SSSR count). The third-order valence-corrected chi connectivity index (χ3v) is 2.75. The van der Waals surface area contributed by atoms with E-state index in [-0.39, 0.29) is 0 Å². The fourth-order valence-corrected chi connectivity index (χ4v) is 1.81. The highest BCUT2D eigenvalue weighted by Gasteiger charge is 2.04. The largest absolute Gasteiger partial charge is 0.377 e. The molecule has 6 heteroatoms. The maximum Gasteiger partial charge on any atom is 0.160 e. The van der Waals surface area contributed by atoms with Crippen molar-refractivity contribution in [1.82, 2.24) is 9.97 Å². The predicted octanol–water partition coefficient (Wildman–Crippen LogP) is 1.88. The number of nitrogen functional groups attached to an aromatic ring is 1. The van der Waals surface area contributed by atoms with E-state index in [4.69, 9.17) is 5.84 Å². The summed E-state index contributed by atoms with van der Waals surface area (Å²) in [4.78, 5) is 10.4. The van der Waals surface area contributed by atoms with Crippen molar-refractivity contribution in [2.24, 2.45) is 5.84 Å². The Morgan fingerprint density at radius 2 is 1.89 bits per heavy atom. The normalized spacial score (nSPS) is 10.1. The molecule has 4 N–H and O–H groups in total. The fraction of sp³-hybridized carbons (Fsp3) is 0.231. The molecule has 0 saturated carbocycles. The van der Waals surface area contributed by atoms with Gasteiger partial charge in [0.2, 0.25) is 0 Å². The van der Waals surface area contributed by atoms with Crippen LogP contribution in [0.1, 0.15) is 5.56 Å². The van der Waals surface area contributed by atoms with Crippen LogP contribution in [0.15, 0.2) is 30.6 Å². The number of rotatable bonds is 4. The van der Waals surface area contributed by atoms with Crippen molar-refractivity contribution in [2.75, 3.05) is 29.7 Å². The molecule has 0 saturated heterocycles. The van der Waals surface area contributed by atoms with Crippen LogP contribution in [-0.2, 0) is 0 Å². The second-order valence-electron chi connectivity index (χ2n) is 4.45. The number of nitrogens with two attached hydrogens (primary N) is 1. The van der Waals surface area contributed by atoms with E-state index in [1.165, 1.54) is 5.56 Å². The predicted molar refractivity (Wildman–Crippen MR) is 78.6 cm³/mol. The minimum absolute atomic E-state index is 0.518. The maximum absolute atomic E-state index is 5.31. The number of anilines is 4. The third-order valence-electron chi connectivity index (χ3n) is 2.75. The summed E-state index contributed by atoms with van der Waals surface area (Å²) >= 11 is 0. The molecule has 2 aromatic rings. The van der Waals surface area contributed by atoms with Gasteiger partial charge in [-0.15, -0.1) is 0 Å². The highest BCUT2D eigenvalue weighted by molar-refractivity contribution is 5.66. The van der Waals surface area contributed by atoms with Gasteiger partial charge in [-0.1, -0.05) is 6.07 Å². The molecular formula is C13H18N6. The van der Waals surface area contributed by atoms with E-state index < -0.39 is 0 Å². The van der Waals surface area contributed by atoms with E-state index in [1.54, 1.807) is 12.4 Å². The lowest BCUT2D eigenvalue weighted by atomic mass is 10.1. The van der Waals surface area contributed by atoms with Crippen molar-refractivity contribution < 1.29 is 0 Å². The Labute approximate surface area is 112 Å². The number of hydrogen-bond donors (Lipinski definition) is 3. The molecule has 0 aliphatic carbocycles. The minimum atomic E-state index is 0.518. The molecule has 19 heavy (non-hydrogen) atoms. The standard InChI is InChI=1S/C13H18N6/c1-9-4-5-10(6-11(9)19(2)3)16-12-7-15-8-13(17-12)18-14/h4-8H,14H2,1-3H3,(H2,16,17,18). The van der Waals surface area contributed by atoms with E-state index in [0.29, 0.717) is 11.6 Å². The van der Waals surface area contributed by atoms with Crippen LogP contribution in [0, 0.1) is 6.92 Å². The zero-order chi connectivity index (χ0) is 13.8. The highest BCUT2D eigenvalue weighted by atomic mass is 15.3. The van der Waals surface area contributed by atoms with Gasteiger partial charge in [-0.2, -0.15) is 0 Å². The topological polar surface area (TPSA) is 79.1 Å². The van der Waals surface area contributed by atoms with Gasteiger partial charge in [0, 0.05) is 25.5 Å². The Bertz CT molecular complexity index is 567. The van der Waals surface area contributed by atoms with Crippen LogP contribution in [0.4, 0.5) is 23.0 Å². The zero-order valence-corrected chi connectivity index (χ0v) is 11.3. The van der Waals surface area contributed by atoms with Crippen LogP contribution in [0.3, 0.4) is 0 Å². The van der Waals surface area contributed by atoms with E-state index in [0.717, 1.165) is 11.4 Å². The molecule has 100 valence electrons. The van der Waals surface area contributed by atoms with Crippen LogP contribution in [0.5, 0.6) is 0 Å². The Kier molecular flexibility index (Phi) is 3.82. The van der Waals surface area contributed by atoms with Gasteiger partial charge in [0.25, 0.3) is 0 Å². The molecule has 0 atom stereocenters. The summed E-state index contributed by atoms with van der Waals surface area (Å²) in [7, 11) is 4.04.